The van der Waals surface area contributed by atoms with Crippen LogP contribution in [-0.4, -0.2) is 5.11 Å². The lowest BCUT2D eigenvalue weighted by Crippen LogP contribution is -1.99. The highest BCUT2D eigenvalue weighted by Gasteiger charge is 1.99. The molecule has 0 aliphatic rings. The van der Waals surface area contributed by atoms with E-state index in [0.717, 1.165) is 17.8 Å². The molecule has 2 N–H and O–H groups in total. The lowest BCUT2D eigenvalue weighted by atomic mass is 10.2. The zero-order chi connectivity index (χ0) is 10.7. The van der Waals surface area contributed by atoms with Gasteiger partial charge in [0.1, 0.15) is 5.75 Å². The molecule has 0 saturated carbocycles. The second-order valence-electron chi connectivity index (χ2n) is 3.48. The molecular weight excluding hydrogens is 206 g/mol. The predicted octanol–water partition coefficient (Wildman–Crippen LogP) is 3.37. The van der Waals surface area contributed by atoms with E-state index in [1.54, 1.807) is 23.5 Å². The number of benzene rings is 1. The van der Waals surface area contributed by atoms with Crippen LogP contribution in [-0.2, 0) is 6.54 Å². The second kappa shape index (κ2) is 4.36. The van der Waals surface area contributed by atoms with Crippen LogP contribution in [0.4, 0.5) is 5.69 Å². The molecule has 2 nitrogen and oxygen atoms in total. The van der Waals surface area contributed by atoms with Crippen LogP contribution in [0.15, 0.2) is 35.0 Å². The Balaban J connectivity index is 2.05. The van der Waals surface area contributed by atoms with Crippen LogP contribution >= 0.6 is 11.3 Å². The Kier molecular flexibility index (Phi) is 2.92. The van der Waals surface area contributed by atoms with Gasteiger partial charge in [0.05, 0.1) is 0 Å². The van der Waals surface area contributed by atoms with E-state index in [0.29, 0.717) is 5.75 Å². The normalized spacial score (nSPS) is 10.2. The lowest BCUT2D eigenvalue weighted by molar-refractivity contribution is 0.475. The Morgan fingerprint density at radius 3 is 2.87 bits per heavy atom. The molecule has 0 atom stereocenters. The molecular formula is C12H13NOS. The smallest absolute Gasteiger partial charge is 0.115 e. The van der Waals surface area contributed by atoms with Crippen molar-refractivity contribution in [2.24, 2.45) is 0 Å². The van der Waals surface area contributed by atoms with Gasteiger partial charge < -0.3 is 10.4 Å². The number of aryl methyl sites for hydroxylation is 1. The summed E-state index contributed by atoms with van der Waals surface area (Å²) < 4.78 is 0. The van der Waals surface area contributed by atoms with E-state index in [9.17, 15) is 5.11 Å². The van der Waals surface area contributed by atoms with E-state index in [1.807, 2.05) is 13.0 Å². The molecule has 0 fully saturated rings. The van der Waals surface area contributed by atoms with Crippen LogP contribution in [0.2, 0.25) is 0 Å². The van der Waals surface area contributed by atoms with E-state index >= 15 is 0 Å². The Labute approximate surface area is 93.2 Å². The minimum Gasteiger partial charge on any atom is -0.508 e. The third-order valence-electron chi connectivity index (χ3n) is 2.27. The third-order valence-corrected chi connectivity index (χ3v) is 3.01. The second-order valence-corrected chi connectivity index (χ2v) is 4.26. The first kappa shape index (κ1) is 10.1. The molecule has 2 aromatic rings. The number of hydrogen-bond donors (Lipinski definition) is 2. The number of nitrogens with one attached hydrogen (secondary N) is 1. The maximum absolute atomic E-state index is 9.26. The van der Waals surface area contributed by atoms with Crippen LogP contribution in [0.5, 0.6) is 5.75 Å². The van der Waals surface area contributed by atoms with Crippen molar-refractivity contribution in [3.63, 3.8) is 0 Å². The molecule has 0 unspecified atom stereocenters. The zero-order valence-corrected chi connectivity index (χ0v) is 9.34. The first-order valence-electron chi connectivity index (χ1n) is 4.80. The summed E-state index contributed by atoms with van der Waals surface area (Å²) in [5, 5.41) is 16.8. The predicted molar refractivity (Wildman–Crippen MR) is 64.5 cm³/mol. The van der Waals surface area contributed by atoms with Gasteiger partial charge in [0.15, 0.2) is 0 Å². The molecule has 0 spiro atoms. The molecule has 0 saturated heterocycles. The van der Waals surface area contributed by atoms with Crippen LogP contribution in [0.1, 0.15) is 11.1 Å². The van der Waals surface area contributed by atoms with Crippen molar-refractivity contribution >= 4 is 17.0 Å². The highest BCUT2D eigenvalue weighted by molar-refractivity contribution is 7.07. The molecule has 3 heteroatoms. The van der Waals surface area contributed by atoms with Crippen molar-refractivity contribution in [1.82, 2.24) is 0 Å². The van der Waals surface area contributed by atoms with Gasteiger partial charge in [0.2, 0.25) is 0 Å². The first-order valence-corrected chi connectivity index (χ1v) is 5.74. The van der Waals surface area contributed by atoms with Gasteiger partial charge in [-0.25, -0.2) is 0 Å². The summed E-state index contributed by atoms with van der Waals surface area (Å²) in [5.41, 5.74) is 3.41. The summed E-state index contributed by atoms with van der Waals surface area (Å²) in [6.07, 6.45) is 0. The fourth-order valence-corrected chi connectivity index (χ4v) is 2.11. The summed E-state index contributed by atoms with van der Waals surface area (Å²) in [6, 6.07) is 7.46. The molecule has 0 aliphatic heterocycles. The molecule has 15 heavy (non-hydrogen) atoms. The molecule has 0 radical (unpaired) electrons. The molecule has 1 aromatic carbocycles. The van der Waals surface area contributed by atoms with Crippen molar-refractivity contribution in [3.05, 3.63) is 46.2 Å². The van der Waals surface area contributed by atoms with E-state index in [2.05, 4.69) is 22.1 Å². The third kappa shape index (κ3) is 2.50. The molecule has 0 bridgehead atoms. The van der Waals surface area contributed by atoms with Gasteiger partial charge in [-0.15, -0.1) is 0 Å². The van der Waals surface area contributed by atoms with Crippen molar-refractivity contribution in [1.29, 1.82) is 0 Å². The molecule has 1 aromatic heterocycles. The van der Waals surface area contributed by atoms with Crippen LogP contribution in [0, 0.1) is 6.92 Å². The summed E-state index contributed by atoms with van der Waals surface area (Å²) >= 11 is 1.70. The standard InChI is InChI=1S/C12H13NOS/c1-9-6-11(14)2-3-12(9)13-7-10-4-5-15-8-10/h2-6,8,13-14H,7H2,1H3. The Bertz CT molecular complexity index is 437. The quantitative estimate of drug-likeness (QED) is 0.776. The number of hydrogen-bond acceptors (Lipinski definition) is 3. The molecule has 78 valence electrons. The van der Waals surface area contributed by atoms with Crippen LogP contribution in [0.25, 0.3) is 0 Å². The van der Waals surface area contributed by atoms with Gasteiger partial charge in [0.25, 0.3) is 0 Å². The number of rotatable bonds is 3. The van der Waals surface area contributed by atoms with E-state index in [-0.39, 0.29) is 0 Å². The highest BCUT2D eigenvalue weighted by Crippen LogP contribution is 2.20. The summed E-state index contributed by atoms with van der Waals surface area (Å²) in [4.78, 5) is 0. The molecule has 1 heterocycles. The topological polar surface area (TPSA) is 32.3 Å². The average Bonchev–Trinajstić information content (AvgIpc) is 2.69. The van der Waals surface area contributed by atoms with Crippen LogP contribution < -0.4 is 5.32 Å². The lowest BCUT2D eigenvalue weighted by Gasteiger charge is -2.08. The van der Waals surface area contributed by atoms with Crippen molar-refractivity contribution < 1.29 is 5.11 Å². The number of phenols is 1. The minimum absolute atomic E-state index is 0.314. The molecule has 0 aliphatic carbocycles. The van der Waals surface area contributed by atoms with Gasteiger partial charge in [-0.1, -0.05) is 0 Å². The van der Waals surface area contributed by atoms with E-state index in [1.165, 1.54) is 5.56 Å². The Morgan fingerprint density at radius 1 is 1.33 bits per heavy atom. The molecule has 0 amide bonds. The Hall–Kier alpha value is -1.48. The average molecular weight is 219 g/mol. The fourth-order valence-electron chi connectivity index (χ4n) is 1.44. The van der Waals surface area contributed by atoms with Gasteiger partial charge in [-0.2, -0.15) is 11.3 Å². The van der Waals surface area contributed by atoms with E-state index in [4.69, 9.17) is 0 Å². The summed E-state index contributed by atoms with van der Waals surface area (Å²) in [5.74, 6) is 0.314. The first-order chi connectivity index (χ1) is 7.25. The van der Waals surface area contributed by atoms with Gasteiger partial charge in [-0.05, 0) is 53.1 Å². The number of aromatic hydroxyl groups is 1. The Morgan fingerprint density at radius 2 is 2.20 bits per heavy atom. The number of phenolic OH excluding ortho intramolecular Hbond substituents is 1. The van der Waals surface area contributed by atoms with Gasteiger partial charge in [0, 0.05) is 12.2 Å². The van der Waals surface area contributed by atoms with Gasteiger partial charge >= 0.3 is 0 Å². The fraction of sp³-hybridized carbons (Fsp3) is 0.167. The molecule has 2 rings (SSSR count). The SMILES string of the molecule is Cc1cc(O)ccc1NCc1ccsc1. The van der Waals surface area contributed by atoms with Gasteiger partial charge in [-0.3, -0.25) is 0 Å². The zero-order valence-electron chi connectivity index (χ0n) is 8.53. The highest BCUT2D eigenvalue weighted by atomic mass is 32.1. The van der Waals surface area contributed by atoms with Crippen LogP contribution in [0.3, 0.4) is 0 Å². The van der Waals surface area contributed by atoms with Crippen molar-refractivity contribution in [2.75, 3.05) is 5.32 Å². The summed E-state index contributed by atoms with van der Waals surface area (Å²) in [7, 11) is 0. The number of thiophene rings is 1. The monoisotopic (exact) mass is 219 g/mol. The minimum atomic E-state index is 0.314. The van der Waals surface area contributed by atoms with E-state index < -0.39 is 0 Å². The van der Waals surface area contributed by atoms with Crippen molar-refractivity contribution in [2.45, 2.75) is 13.5 Å². The van der Waals surface area contributed by atoms with Crippen molar-refractivity contribution in [3.8, 4) is 5.75 Å². The largest absolute Gasteiger partial charge is 0.508 e. The number of anilines is 1. The maximum atomic E-state index is 9.26. The summed E-state index contributed by atoms with van der Waals surface area (Å²) in [6.45, 7) is 2.81. The maximum Gasteiger partial charge on any atom is 0.115 e.